The number of carbonyl (C=O) groups is 2. The molecule has 0 rings (SSSR count). The Labute approximate surface area is 134 Å². The van der Waals surface area contributed by atoms with Gasteiger partial charge in [0.2, 0.25) is 0 Å². The van der Waals surface area contributed by atoms with E-state index in [9.17, 15) is 14.7 Å². The predicted octanol–water partition coefficient (Wildman–Crippen LogP) is 2.34. The van der Waals surface area contributed by atoms with E-state index in [1.54, 1.807) is 0 Å². The number of carboxylic acid groups (broad SMARTS) is 1. The van der Waals surface area contributed by atoms with Gasteiger partial charge in [0.15, 0.2) is 0 Å². The van der Waals surface area contributed by atoms with Crippen LogP contribution in [-0.4, -0.2) is 34.7 Å². The molecule has 0 aromatic carbocycles. The molecule has 0 amide bonds. The highest BCUT2D eigenvalue weighted by Gasteiger charge is 2.30. The van der Waals surface area contributed by atoms with Crippen molar-refractivity contribution in [1.29, 1.82) is 0 Å². The summed E-state index contributed by atoms with van der Waals surface area (Å²) in [5.41, 5.74) is 5.08. The van der Waals surface area contributed by atoms with E-state index in [-0.39, 0.29) is 17.8 Å². The number of carbonyl (C=O) groups excluding carboxylic acids is 1. The van der Waals surface area contributed by atoms with Crippen LogP contribution in [0.5, 0.6) is 0 Å². The first-order chi connectivity index (χ1) is 9.97. The van der Waals surface area contributed by atoms with Crippen LogP contribution in [0.15, 0.2) is 0 Å². The highest BCUT2D eigenvalue weighted by atomic mass is 16.6. The molecule has 0 aromatic heterocycles. The van der Waals surface area contributed by atoms with Crippen LogP contribution < -0.4 is 10.9 Å². The molecule has 0 saturated heterocycles. The van der Waals surface area contributed by atoms with Crippen LogP contribution in [-0.2, 0) is 14.3 Å². The van der Waals surface area contributed by atoms with Gasteiger partial charge >= 0.3 is 11.9 Å². The molecule has 6 heteroatoms. The number of esters is 1. The number of nitrogens with one attached hydrogen (secondary N) is 2. The van der Waals surface area contributed by atoms with Gasteiger partial charge in [0.05, 0.1) is 0 Å². The minimum Gasteiger partial charge on any atom is -0.480 e. The van der Waals surface area contributed by atoms with Gasteiger partial charge in [0.1, 0.15) is 17.7 Å². The second kappa shape index (κ2) is 9.10. The first kappa shape index (κ1) is 20.9. The first-order valence-corrected chi connectivity index (χ1v) is 7.94. The Morgan fingerprint density at radius 1 is 1.14 bits per heavy atom. The van der Waals surface area contributed by atoms with Gasteiger partial charge in [-0.1, -0.05) is 34.1 Å². The summed E-state index contributed by atoms with van der Waals surface area (Å²) >= 11 is 0. The molecule has 0 aliphatic heterocycles. The minimum atomic E-state index is -0.937. The molecule has 0 fully saturated rings. The van der Waals surface area contributed by atoms with Gasteiger partial charge in [-0.05, 0) is 39.0 Å². The Balaban J connectivity index is 4.85. The molecule has 0 aromatic rings. The van der Waals surface area contributed by atoms with E-state index in [2.05, 4.69) is 10.9 Å². The quantitative estimate of drug-likeness (QED) is 0.447. The zero-order valence-electron chi connectivity index (χ0n) is 14.9. The predicted molar refractivity (Wildman–Crippen MR) is 86.2 cm³/mol. The molecule has 6 nitrogen and oxygen atoms in total. The highest BCUT2D eigenvalue weighted by Crippen LogP contribution is 2.14. The summed E-state index contributed by atoms with van der Waals surface area (Å²) in [6.07, 6.45) is 1.25. The zero-order valence-corrected chi connectivity index (χ0v) is 14.9. The van der Waals surface area contributed by atoms with Crippen molar-refractivity contribution in [2.24, 2.45) is 11.8 Å². The fourth-order valence-electron chi connectivity index (χ4n) is 1.92. The normalized spacial score (nSPS) is 16.2. The van der Waals surface area contributed by atoms with Crippen LogP contribution in [0.3, 0.4) is 0 Å². The van der Waals surface area contributed by atoms with Gasteiger partial charge in [-0.25, -0.2) is 10.9 Å². The molecular weight excluding hydrogens is 284 g/mol. The standard InChI is InChI=1S/C16H32N2O4/c1-8-11(4)13(15(21)22-16(5,6)7)18-17-12(14(19)20)9-10(2)3/h10-13,17-18H,8-9H2,1-7H3,(H,19,20)/t11-,12-,13-/m0/s1. The molecule has 130 valence electrons. The van der Waals surface area contributed by atoms with Gasteiger partial charge in [0.25, 0.3) is 0 Å². The summed E-state index contributed by atoms with van der Waals surface area (Å²) in [5.74, 6) is -1.05. The third kappa shape index (κ3) is 8.34. The van der Waals surface area contributed by atoms with E-state index in [1.165, 1.54) is 0 Å². The Morgan fingerprint density at radius 3 is 2.05 bits per heavy atom. The Hall–Kier alpha value is -1.14. The molecule has 0 heterocycles. The fourth-order valence-corrected chi connectivity index (χ4v) is 1.92. The molecule has 0 aliphatic carbocycles. The van der Waals surface area contributed by atoms with Crippen LogP contribution in [0, 0.1) is 11.8 Å². The maximum absolute atomic E-state index is 12.3. The lowest BCUT2D eigenvalue weighted by molar-refractivity contribution is -0.160. The Morgan fingerprint density at radius 2 is 1.68 bits per heavy atom. The van der Waals surface area contributed by atoms with Gasteiger partial charge in [-0.2, -0.15) is 0 Å². The van der Waals surface area contributed by atoms with Crippen LogP contribution in [0.1, 0.15) is 61.3 Å². The van der Waals surface area contributed by atoms with E-state index >= 15 is 0 Å². The molecule has 0 bridgehead atoms. The Kier molecular flexibility index (Phi) is 8.63. The maximum Gasteiger partial charge on any atom is 0.325 e. The summed E-state index contributed by atoms with van der Waals surface area (Å²) in [6.45, 7) is 13.3. The molecule has 0 spiro atoms. The molecule has 0 aliphatic rings. The second-order valence-electron chi connectivity index (χ2n) is 7.21. The third-order valence-corrected chi connectivity index (χ3v) is 3.29. The lowest BCUT2D eigenvalue weighted by Crippen LogP contribution is -2.56. The average molecular weight is 316 g/mol. The average Bonchev–Trinajstić information content (AvgIpc) is 2.34. The van der Waals surface area contributed by atoms with Crippen LogP contribution >= 0.6 is 0 Å². The van der Waals surface area contributed by atoms with Crippen molar-refractivity contribution in [2.75, 3.05) is 0 Å². The Bertz CT molecular complexity index is 364. The summed E-state index contributed by atoms with van der Waals surface area (Å²) in [7, 11) is 0. The monoisotopic (exact) mass is 316 g/mol. The van der Waals surface area contributed by atoms with Gasteiger partial charge in [0, 0.05) is 0 Å². The van der Waals surface area contributed by atoms with Crippen molar-refractivity contribution < 1.29 is 19.4 Å². The number of hydrogen-bond acceptors (Lipinski definition) is 5. The largest absolute Gasteiger partial charge is 0.480 e. The number of ether oxygens (including phenoxy) is 1. The van der Waals surface area contributed by atoms with Crippen LogP contribution in [0.2, 0.25) is 0 Å². The first-order valence-electron chi connectivity index (χ1n) is 7.94. The van der Waals surface area contributed by atoms with E-state index in [1.807, 2.05) is 48.5 Å². The van der Waals surface area contributed by atoms with Crippen molar-refractivity contribution in [3.05, 3.63) is 0 Å². The SMILES string of the molecule is CC[C@H](C)[C@H](NN[C@@H](CC(C)C)C(=O)O)C(=O)OC(C)(C)C. The number of hydrazine groups is 1. The molecule has 0 saturated carbocycles. The lowest BCUT2D eigenvalue weighted by atomic mass is 9.99. The van der Waals surface area contributed by atoms with Crippen molar-refractivity contribution in [2.45, 2.75) is 79.0 Å². The number of aliphatic carboxylic acids is 1. The third-order valence-electron chi connectivity index (χ3n) is 3.29. The van der Waals surface area contributed by atoms with Gasteiger partial charge in [-0.3, -0.25) is 9.59 Å². The lowest BCUT2D eigenvalue weighted by Gasteiger charge is -2.29. The highest BCUT2D eigenvalue weighted by molar-refractivity contribution is 5.77. The van der Waals surface area contributed by atoms with Crippen LogP contribution in [0.25, 0.3) is 0 Å². The fraction of sp³-hybridized carbons (Fsp3) is 0.875. The zero-order chi connectivity index (χ0) is 17.5. The van der Waals surface area contributed by atoms with Crippen molar-refractivity contribution in [3.8, 4) is 0 Å². The maximum atomic E-state index is 12.3. The summed E-state index contributed by atoms with van der Waals surface area (Å²) < 4.78 is 5.41. The second-order valence-corrected chi connectivity index (χ2v) is 7.21. The summed E-state index contributed by atoms with van der Waals surface area (Å²) in [6, 6.07) is -1.33. The molecule has 0 radical (unpaired) electrons. The molecular formula is C16H32N2O4. The number of rotatable bonds is 9. The smallest absolute Gasteiger partial charge is 0.325 e. The number of hydrogen-bond donors (Lipinski definition) is 3. The van der Waals surface area contributed by atoms with Crippen molar-refractivity contribution in [3.63, 3.8) is 0 Å². The molecule has 3 N–H and O–H groups in total. The molecule has 0 unspecified atom stereocenters. The van der Waals surface area contributed by atoms with Gasteiger partial charge < -0.3 is 9.84 Å². The molecule has 3 atom stereocenters. The van der Waals surface area contributed by atoms with Crippen LogP contribution in [0.4, 0.5) is 0 Å². The topological polar surface area (TPSA) is 87.7 Å². The van der Waals surface area contributed by atoms with Crippen molar-refractivity contribution in [1.82, 2.24) is 10.9 Å². The van der Waals surface area contributed by atoms with Gasteiger partial charge in [-0.15, -0.1) is 0 Å². The van der Waals surface area contributed by atoms with E-state index in [0.29, 0.717) is 6.42 Å². The minimum absolute atomic E-state index is 0.0239. The van der Waals surface area contributed by atoms with E-state index in [4.69, 9.17) is 4.74 Å². The molecule has 22 heavy (non-hydrogen) atoms. The summed E-state index contributed by atoms with van der Waals surface area (Å²) in [4.78, 5) is 23.6. The van der Waals surface area contributed by atoms with E-state index in [0.717, 1.165) is 6.42 Å². The van der Waals surface area contributed by atoms with E-state index < -0.39 is 23.7 Å². The summed E-state index contributed by atoms with van der Waals surface area (Å²) in [5, 5.41) is 9.24. The van der Waals surface area contributed by atoms with Crippen molar-refractivity contribution >= 4 is 11.9 Å². The number of carboxylic acids is 1.